The van der Waals surface area contributed by atoms with Gasteiger partial charge >= 0.3 is 0 Å². The van der Waals surface area contributed by atoms with E-state index in [-0.39, 0.29) is 5.91 Å². The van der Waals surface area contributed by atoms with Gasteiger partial charge in [-0.15, -0.1) is 11.3 Å². The number of hydrogen-bond acceptors (Lipinski definition) is 6. The molecule has 0 radical (unpaired) electrons. The molecule has 30 heavy (non-hydrogen) atoms. The number of aromatic nitrogens is 3. The molecule has 0 saturated carbocycles. The van der Waals surface area contributed by atoms with Crippen LogP contribution in [0.25, 0.3) is 10.2 Å². The van der Waals surface area contributed by atoms with E-state index in [1.165, 1.54) is 11.3 Å². The van der Waals surface area contributed by atoms with Gasteiger partial charge in [-0.3, -0.25) is 9.37 Å². The number of hydrogen-bond donors (Lipinski definition) is 1. The second kappa shape index (κ2) is 8.35. The van der Waals surface area contributed by atoms with Gasteiger partial charge in [-0.2, -0.15) is 0 Å². The molecule has 0 aliphatic carbocycles. The molecule has 3 aromatic heterocycles. The molecule has 1 fully saturated rings. The molecule has 0 atom stereocenters. The SMILES string of the molecule is Cc1cc(C)c2c(NC=[N+](C)C)c(C(=O)N3CCN(c4ncccn4)CC3)sc2n1. The molecule has 1 aliphatic heterocycles. The van der Waals surface area contributed by atoms with Gasteiger partial charge in [-0.25, -0.2) is 20.3 Å². The molecule has 9 heteroatoms. The average molecular weight is 425 g/mol. The van der Waals surface area contributed by atoms with Crippen LogP contribution in [0, 0.1) is 13.8 Å². The zero-order chi connectivity index (χ0) is 21.3. The normalized spacial score (nSPS) is 14.1. The molecule has 3 aromatic rings. The number of nitrogens with one attached hydrogen (secondary N) is 1. The summed E-state index contributed by atoms with van der Waals surface area (Å²) in [7, 11) is 3.90. The van der Waals surface area contributed by atoms with Crippen LogP contribution < -0.4 is 10.2 Å². The molecule has 156 valence electrons. The maximum Gasteiger partial charge on any atom is 0.268 e. The summed E-state index contributed by atoms with van der Waals surface area (Å²) in [4.78, 5) is 32.4. The highest BCUT2D eigenvalue weighted by Gasteiger charge is 2.29. The number of fused-ring (bicyclic) bond motifs is 1. The van der Waals surface area contributed by atoms with Crippen molar-refractivity contribution in [2.75, 3.05) is 50.5 Å². The highest BCUT2D eigenvalue weighted by Crippen LogP contribution is 2.37. The summed E-state index contributed by atoms with van der Waals surface area (Å²) in [6.07, 6.45) is 5.35. The number of aryl methyl sites for hydroxylation is 2. The highest BCUT2D eigenvalue weighted by molar-refractivity contribution is 7.21. The maximum absolute atomic E-state index is 13.5. The van der Waals surface area contributed by atoms with Gasteiger partial charge in [0.25, 0.3) is 5.91 Å². The van der Waals surface area contributed by atoms with Crippen molar-refractivity contribution >= 4 is 45.4 Å². The lowest BCUT2D eigenvalue weighted by atomic mass is 10.1. The average Bonchev–Trinajstić information content (AvgIpc) is 3.11. The Labute approximate surface area is 179 Å². The number of carbonyl (C=O) groups excluding carboxylic acids is 1. The lowest BCUT2D eigenvalue weighted by Gasteiger charge is -2.34. The van der Waals surface area contributed by atoms with E-state index in [0.29, 0.717) is 37.0 Å². The summed E-state index contributed by atoms with van der Waals surface area (Å²) in [6, 6.07) is 3.87. The van der Waals surface area contributed by atoms with E-state index in [0.717, 1.165) is 27.2 Å². The van der Waals surface area contributed by atoms with Gasteiger partial charge in [0.2, 0.25) is 12.3 Å². The quantitative estimate of drug-likeness (QED) is 0.394. The Kier molecular flexibility index (Phi) is 5.63. The van der Waals surface area contributed by atoms with Crippen LogP contribution in [0.2, 0.25) is 0 Å². The van der Waals surface area contributed by atoms with Crippen LogP contribution in [0.5, 0.6) is 0 Å². The van der Waals surface area contributed by atoms with Gasteiger partial charge < -0.3 is 9.80 Å². The van der Waals surface area contributed by atoms with E-state index in [2.05, 4.69) is 38.2 Å². The van der Waals surface area contributed by atoms with E-state index in [4.69, 9.17) is 0 Å². The first-order valence-corrected chi connectivity index (χ1v) is 10.7. The van der Waals surface area contributed by atoms with Crippen molar-refractivity contribution < 1.29 is 9.37 Å². The minimum Gasteiger partial charge on any atom is -0.337 e. The lowest BCUT2D eigenvalue weighted by molar-refractivity contribution is -0.459. The van der Waals surface area contributed by atoms with Crippen LogP contribution in [0.15, 0.2) is 24.5 Å². The van der Waals surface area contributed by atoms with Gasteiger partial charge in [0.05, 0.1) is 19.5 Å². The molecule has 1 N–H and O–H groups in total. The molecule has 0 unspecified atom stereocenters. The van der Waals surface area contributed by atoms with Gasteiger partial charge in [-0.1, -0.05) is 0 Å². The van der Waals surface area contributed by atoms with Crippen molar-refractivity contribution in [3.63, 3.8) is 0 Å². The van der Waals surface area contributed by atoms with Crippen LogP contribution in [0.3, 0.4) is 0 Å². The smallest absolute Gasteiger partial charge is 0.268 e. The third kappa shape index (κ3) is 3.97. The first-order valence-electron chi connectivity index (χ1n) is 9.92. The molecule has 8 nitrogen and oxygen atoms in total. The van der Waals surface area contributed by atoms with Crippen molar-refractivity contribution in [3.05, 3.63) is 40.7 Å². The van der Waals surface area contributed by atoms with Crippen molar-refractivity contribution in [2.45, 2.75) is 13.8 Å². The minimum atomic E-state index is 0.0401. The number of anilines is 2. The molecule has 4 heterocycles. The fraction of sp³-hybridized carbons (Fsp3) is 0.381. The van der Waals surface area contributed by atoms with Crippen molar-refractivity contribution in [2.24, 2.45) is 0 Å². The number of amides is 1. The maximum atomic E-state index is 13.5. The monoisotopic (exact) mass is 424 g/mol. The van der Waals surface area contributed by atoms with Crippen LogP contribution in [-0.4, -0.2) is 76.9 Å². The first-order chi connectivity index (χ1) is 14.4. The summed E-state index contributed by atoms with van der Waals surface area (Å²) < 4.78 is 1.92. The Morgan fingerprint density at radius 2 is 1.87 bits per heavy atom. The molecule has 1 aliphatic rings. The third-order valence-corrected chi connectivity index (χ3v) is 6.12. The molecule has 0 bridgehead atoms. The first kappa shape index (κ1) is 20.2. The Bertz CT molecular complexity index is 1100. The van der Waals surface area contributed by atoms with Crippen molar-refractivity contribution in [3.8, 4) is 0 Å². The fourth-order valence-corrected chi connectivity index (χ4v) is 4.86. The zero-order valence-corrected chi connectivity index (χ0v) is 18.5. The van der Waals surface area contributed by atoms with E-state index in [1.807, 2.05) is 42.9 Å². The fourth-order valence-electron chi connectivity index (χ4n) is 3.63. The standard InChI is InChI=1S/C21H25N7OS/c1-14-12-15(2)25-19-16(14)17(24-13-26(3)4)18(30-19)20(29)27-8-10-28(11-9-27)21-22-6-5-7-23-21/h5-7,12-13H,8-11H2,1-4H3/p+1. The van der Waals surface area contributed by atoms with Crippen molar-refractivity contribution in [1.82, 2.24) is 19.9 Å². The van der Waals surface area contributed by atoms with Gasteiger partial charge in [-0.05, 0) is 31.5 Å². The van der Waals surface area contributed by atoms with Crippen LogP contribution in [0.1, 0.15) is 20.9 Å². The van der Waals surface area contributed by atoms with E-state index < -0.39 is 0 Å². The Hall–Kier alpha value is -3.07. The third-order valence-electron chi connectivity index (χ3n) is 5.05. The Morgan fingerprint density at radius 3 is 2.53 bits per heavy atom. The second-order valence-electron chi connectivity index (χ2n) is 7.63. The van der Waals surface area contributed by atoms with Crippen LogP contribution in [0.4, 0.5) is 11.6 Å². The minimum absolute atomic E-state index is 0.0401. The highest BCUT2D eigenvalue weighted by atomic mass is 32.1. The molecule has 0 aromatic carbocycles. The molecule has 4 rings (SSSR count). The molecule has 1 amide bonds. The summed E-state index contributed by atoms with van der Waals surface area (Å²) >= 11 is 1.46. The largest absolute Gasteiger partial charge is 0.337 e. The van der Waals surface area contributed by atoms with Gasteiger partial charge in [0.15, 0.2) is 5.69 Å². The number of piperazine rings is 1. The lowest BCUT2D eigenvalue weighted by Crippen LogP contribution is -2.49. The number of rotatable bonds is 4. The molecule has 1 saturated heterocycles. The summed E-state index contributed by atoms with van der Waals surface area (Å²) in [5.41, 5.74) is 2.92. The number of thiophene rings is 1. The molecule has 0 spiro atoms. The number of pyridine rings is 1. The zero-order valence-electron chi connectivity index (χ0n) is 17.7. The van der Waals surface area contributed by atoms with Gasteiger partial charge in [0.1, 0.15) is 9.71 Å². The van der Waals surface area contributed by atoms with Crippen LogP contribution >= 0.6 is 11.3 Å². The van der Waals surface area contributed by atoms with E-state index in [1.54, 1.807) is 12.4 Å². The second-order valence-corrected chi connectivity index (χ2v) is 8.63. The Balaban J connectivity index is 1.62. The predicted molar refractivity (Wildman–Crippen MR) is 121 cm³/mol. The predicted octanol–water partition coefficient (Wildman–Crippen LogP) is 2.38. The van der Waals surface area contributed by atoms with Crippen LogP contribution in [-0.2, 0) is 0 Å². The summed E-state index contributed by atoms with van der Waals surface area (Å²) in [5.74, 6) is 0.753. The summed E-state index contributed by atoms with van der Waals surface area (Å²) in [5, 5.41) is 4.36. The topological polar surface area (TPSA) is 77.3 Å². The number of carbonyl (C=O) groups is 1. The van der Waals surface area contributed by atoms with Gasteiger partial charge in [0, 0.05) is 44.3 Å². The Morgan fingerprint density at radius 1 is 1.17 bits per heavy atom. The van der Waals surface area contributed by atoms with E-state index in [9.17, 15) is 4.79 Å². The molecular formula is C21H26N7OS+. The van der Waals surface area contributed by atoms with E-state index >= 15 is 0 Å². The number of nitrogens with zero attached hydrogens (tertiary/aromatic N) is 6. The van der Waals surface area contributed by atoms with Crippen molar-refractivity contribution in [1.29, 1.82) is 0 Å². The molecular weight excluding hydrogens is 398 g/mol. The summed E-state index contributed by atoms with van der Waals surface area (Å²) in [6.45, 7) is 6.74.